The molecule has 3 aromatic rings. The summed E-state index contributed by atoms with van der Waals surface area (Å²) in [6, 6.07) is 14.6. The van der Waals surface area contributed by atoms with Gasteiger partial charge in [-0.2, -0.15) is 0 Å². The van der Waals surface area contributed by atoms with Gasteiger partial charge >= 0.3 is 5.63 Å². The summed E-state index contributed by atoms with van der Waals surface area (Å²) >= 11 is 2.22. The van der Waals surface area contributed by atoms with Gasteiger partial charge in [-0.15, -0.1) is 0 Å². The Morgan fingerprint density at radius 2 is 1.95 bits per heavy atom. The highest BCUT2D eigenvalue weighted by Gasteiger charge is 2.08. The first-order valence-corrected chi connectivity index (χ1v) is 7.73. The summed E-state index contributed by atoms with van der Waals surface area (Å²) in [4.78, 5) is 11.7. The van der Waals surface area contributed by atoms with E-state index in [0.717, 1.165) is 20.3 Å². The van der Waals surface area contributed by atoms with Crippen LogP contribution in [-0.4, -0.2) is 7.11 Å². The van der Waals surface area contributed by atoms with E-state index >= 15 is 0 Å². The molecule has 2 aromatic carbocycles. The maximum absolute atomic E-state index is 11.7. The number of hydrogen-bond acceptors (Lipinski definition) is 4. The van der Waals surface area contributed by atoms with E-state index < -0.39 is 5.63 Å². The first kappa shape index (κ1) is 14.9. The van der Waals surface area contributed by atoms with Crippen molar-refractivity contribution in [2.45, 2.75) is 6.61 Å². The van der Waals surface area contributed by atoms with Gasteiger partial charge in [0, 0.05) is 23.1 Å². The van der Waals surface area contributed by atoms with Crippen molar-refractivity contribution in [3.05, 3.63) is 68.1 Å². The predicted octanol–water partition coefficient (Wildman–Crippen LogP) is 3.99. The van der Waals surface area contributed by atoms with Crippen LogP contribution in [0.4, 0.5) is 0 Å². The first-order valence-electron chi connectivity index (χ1n) is 6.65. The lowest BCUT2D eigenvalue weighted by Gasteiger charge is -2.10. The Hall–Kier alpha value is -2.02. The fourth-order valence-electron chi connectivity index (χ4n) is 2.17. The topological polar surface area (TPSA) is 48.7 Å². The van der Waals surface area contributed by atoms with Gasteiger partial charge in [0.05, 0.1) is 10.7 Å². The van der Waals surface area contributed by atoms with E-state index in [2.05, 4.69) is 22.6 Å². The average Bonchev–Trinajstić information content (AvgIpc) is 2.53. The Kier molecular flexibility index (Phi) is 4.33. The van der Waals surface area contributed by atoms with Crippen molar-refractivity contribution < 1.29 is 13.9 Å². The van der Waals surface area contributed by atoms with Gasteiger partial charge in [-0.3, -0.25) is 0 Å². The maximum atomic E-state index is 11.7. The lowest BCUT2D eigenvalue weighted by molar-refractivity contribution is 0.304. The second-order valence-electron chi connectivity index (χ2n) is 4.67. The minimum atomic E-state index is -0.401. The molecule has 0 amide bonds. The van der Waals surface area contributed by atoms with Crippen LogP contribution in [0.3, 0.4) is 0 Å². The van der Waals surface area contributed by atoms with Crippen molar-refractivity contribution >= 4 is 33.6 Å². The maximum Gasteiger partial charge on any atom is 0.336 e. The highest BCUT2D eigenvalue weighted by molar-refractivity contribution is 14.1. The molecule has 0 radical (unpaired) electrons. The SMILES string of the molecule is COc1ccc2c(COc3ccccc3I)cc(=O)oc2c1. The Morgan fingerprint density at radius 3 is 2.73 bits per heavy atom. The minimum absolute atomic E-state index is 0.300. The van der Waals surface area contributed by atoms with Crippen LogP contribution in [0.5, 0.6) is 11.5 Å². The van der Waals surface area contributed by atoms with E-state index in [9.17, 15) is 4.79 Å². The second-order valence-corrected chi connectivity index (χ2v) is 5.83. The van der Waals surface area contributed by atoms with Crippen LogP contribution in [0.25, 0.3) is 11.0 Å². The number of methoxy groups -OCH3 is 1. The molecule has 0 aliphatic heterocycles. The summed E-state index contributed by atoms with van der Waals surface area (Å²) < 4.78 is 17.2. The molecule has 0 saturated carbocycles. The number of fused-ring (bicyclic) bond motifs is 1. The van der Waals surface area contributed by atoms with Gasteiger partial charge in [-0.25, -0.2) is 4.79 Å². The van der Waals surface area contributed by atoms with Crippen molar-refractivity contribution in [3.63, 3.8) is 0 Å². The van der Waals surface area contributed by atoms with Crippen LogP contribution in [0.15, 0.2) is 57.7 Å². The highest BCUT2D eigenvalue weighted by atomic mass is 127. The van der Waals surface area contributed by atoms with Crippen molar-refractivity contribution in [2.24, 2.45) is 0 Å². The third-order valence-electron chi connectivity index (χ3n) is 3.26. The van der Waals surface area contributed by atoms with Crippen molar-refractivity contribution in [2.75, 3.05) is 7.11 Å². The normalized spacial score (nSPS) is 10.6. The summed E-state index contributed by atoms with van der Waals surface area (Å²) in [6.45, 7) is 0.300. The van der Waals surface area contributed by atoms with E-state index in [1.54, 1.807) is 13.2 Å². The molecule has 112 valence electrons. The fraction of sp³-hybridized carbons (Fsp3) is 0.118. The third-order valence-corrected chi connectivity index (χ3v) is 4.15. The van der Waals surface area contributed by atoms with Gasteiger partial charge in [0.1, 0.15) is 23.7 Å². The molecule has 5 heteroatoms. The zero-order valence-electron chi connectivity index (χ0n) is 11.8. The second kappa shape index (κ2) is 6.39. The molecule has 1 aromatic heterocycles. The molecule has 3 rings (SSSR count). The Balaban J connectivity index is 1.96. The predicted molar refractivity (Wildman–Crippen MR) is 92.5 cm³/mol. The van der Waals surface area contributed by atoms with E-state index in [1.807, 2.05) is 36.4 Å². The number of rotatable bonds is 4. The summed E-state index contributed by atoms with van der Waals surface area (Å²) in [5.41, 5.74) is 0.879. The number of benzene rings is 2. The summed E-state index contributed by atoms with van der Waals surface area (Å²) in [6.07, 6.45) is 0. The Bertz CT molecular complexity index is 870. The van der Waals surface area contributed by atoms with E-state index in [0.29, 0.717) is 17.9 Å². The lowest BCUT2D eigenvalue weighted by atomic mass is 10.1. The molecule has 22 heavy (non-hydrogen) atoms. The van der Waals surface area contributed by atoms with Crippen LogP contribution in [0, 0.1) is 3.57 Å². The molecule has 1 heterocycles. The summed E-state index contributed by atoms with van der Waals surface area (Å²) in [7, 11) is 1.57. The molecule has 0 saturated heterocycles. The first-order chi connectivity index (χ1) is 10.7. The Labute approximate surface area is 140 Å². The number of ether oxygens (including phenoxy) is 2. The number of para-hydroxylation sites is 1. The smallest absolute Gasteiger partial charge is 0.336 e. The highest BCUT2D eigenvalue weighted by Crippen LogP contribution is 2.25. The monoisotopic (exact) mass is 408 g/mol. The van der Waals surface area contributed by atoms with Crippen LogP contribution in [0.1, 0.15) is 5.56 Å². The van der Waals surface area contributed by atoms with Gasteiger partial charge in [0.15, 0.2) is 0 Å². The molecule has 0 bridgehead atoms. The molecule has 0 spiro atoms. The standard InChI is InChI=1S/C17H13IO4/c1-20-12-6-7-13-11(8-17(19)22-16(13)9-12)10-21-15-5-3-2-4-14(15)18/h2-9H,10H2,1H3. The van der Waals surface area contributed by atoms with Gasteiger partial charge in [-0.1, -0.05) is 12.1 Å². The lowest BCUT2D eigenvalue weighted by Crippen LogP contribution is -2.04. The van der Waals surface area contributed by atoms with Crippen LogP contribution >= 0.6 is 22.6 Å². The molecular weight excluding hydrogens is 395 g/mol. The zero-order chi connectivity index (χ0) is 15.5. The molecule has 4 nitrogen and oxygen atoms in total. The average molecular weight is 408 g/mol. The summed E-state index contributed by atoms with van der Waals surface area (Å²) in [5, 5.41) is 0.839. The molecule has 0 N–H and O–H groups in total. The van der Waals surface area contributed by atoms with Crippen molar-refractivity contribution in [1.82, 2.24) is 0 Å². The van der Waals surface area contributed by atoms with Crippen LogP contribution in [-0.2, 0) is 6.61 Å². The van der Waals surface area contributed by atoms with Crippen molar-refractivity contribution in [1.29, 1.82) is 0 Å². The molecule has 0 atom stereocenters. The number of halogens is 1. The molecule has 0 aliphatic rings. The van der Waals surface area contributed by atoms with Crippen LogP contribution < -0.4 is 15.1 Å². The van der Waals surface area contributed by atoms with E-state index in [1.165, 1.54) is 6.07 Å². The van der Waals surface area contributed by atoms with Crippen molar-refractivity contribution in [3.8, 4) is 11.5 Å². The fourth-order valence-corrected chi connectivity index (χ4v) is 2.72. The largest absolute Gasteiger partial charge is 0.497 e. The molecule has 0 unspecified atom stereocenters. The third kappa shape index (κ3) is 3.09. The van der Waals surface area contributed by atoms with Gasteiger partial charge < -0.3 is 13.9 Å². The zero-order valence-corrected chi connectivity index (χ0v) is 14.0. The van der Waals surface area contributed by atoms with Gasteiger partial charge in [0.2, 0.25) is 0 Å². The molecular formula is C17H13IO4. The van der Waals surface area contributed by atoms with Gasteiger partial charge in [-0.05, 0) is 46.9 Å². The summed E-state index contributed by atoms with van der Waals surface area (Å²) in [5.74, 6) is 1.43. The minimum Gasteiger partial charge on any atom is -0.497 e. The molecule has 0 fully saturated rings. The van der Waals surface area contributed by atoms with Crippen LogP contribution in [0.2, 0.25) is 0 Å². The quantitative estimate of drug-likeness (QED) is 0.484. The number of hydrogen-bond donors (Lipinski definition) is 0. The van der Waals surface area contributed by atoms with E-state index in [-0.39, 0.29) is 0 Å². The van der Waals surface area contributed by atoms with Gasteiger partial charge in [0.25, 0.3) is 0 Å². The van der Waals surface area contributed by atoms with E-state index in [4.69, 9.17) is 13.9 Å². The molecule has 0 aliphatic carbocycles. The Morgan fingerprint density at radius 1 is 1.14 bits per heavy atom.